The lowest BCUT2D eigenvalue weighted by molar-refractivity contribution is -0.130. The number of carbonyl (C=O) groups excluding carboxylic acids is 1. The second-order valence-corrected chi connectivity index (χ2v) is 8.17. The van der Waals surface area contributed by atoms with Gasteiger partial charge >= 0.3 is 0 Å². The van der Waals surface area contributed by atoms with Crippen LogP contribution in [0.4, 0.5) is 5.69 Å². The van der Waals surface area contributed by atoms with E-state index in [4.69, 9.17) is 9.47 Å². The van der Waals surface area contributed by atoms with E-state index in [9.17, 15) is 4.79 Å². The Balaban J connectivity index is 1.55. The fraction of sp³-hybridized carbons (Fsp3) is 0.435. The number of methoxy groups -OCH3 is 1. The standard InChI is InChI=1S/C23H28N2O3/c1-16(2)24-22(26)21-12-23(15-28-21)14-25(20-7-5-4-6-19(20)23)13-17-8-10-18(27-3)11-9-17/h4-11,16,21H,12-15H2,1-3H3,(H,24,26)/t21-,23-/m1/s1. The number of carbonyl (C=O) groups is 1. The van der Waals surface area contributed by atoms with E-state index in [1.807, 2.05) is 26.0 Å². The van der Waals surface area contributed by atoms with Crippen LogP contribution in [-0.4, -0.2) is 38.3 Å². The summed E-state index contributed by atoms with van der Waals surface area (Å²) in [5.74, 6) is 0.864. The van der Waals surface area contributed by atoms with Gasteiger partial charge in [0.05, 0.1) is 13.7 Å². The van der Waals surface area contributed by atoms with E-state index in [2.05, 4.69) is 46.6 Å². The third kappa shape index (κ3) is 3.47. The Kier molecular flexibility index (Phi) is 5.02. The number of hydrogen-bond acceptors (Lipinski definition) is 4. The van der Waals surface area contributed by atoms with Gasteiger partial charge < -0.3 is 19.7 Å². The van der Waals surface area contributed by atoms with Crippen molar-refractivity contribution < 1.29 is 14.3 Å². The first-order valence-electron chi connectivity index (χ1n) is 9.90. The number of rotatable bonds is 5. The number of amides is 1. The molecule has 5 heteroatoms. The Morgan fingerprint density at radius 1 is 1.25 bits per heavy atom. The van der Waals surface area contributed by atoms with Crippen molar-refractivity contribution in [3.8, 4) is 5.75 Å². The van der Waals surface area contributed by atoms with Crippen LogP contribution in [0.2, 0.25) is 0 Å². The van der Waals surface area contributed by atoms with Crippen LogP contribution in [-0.2, 0) is 21.5 Å². The summed E-state index contributed by atoms with van der Waals surface area (Å²) in [7, 11) is 1.68. The minimum Gasteiger partial charge on any atom is -0.497 e. The molecule has 148 valence electrons. The van der Waals surface area contributed by atoms with E-state index >= 15 is 0 Å². The lowest BCUT2D eigenvalue weighted by Crippen LogP contribution is -2.39. The van der Waals surface area contributed by atoms with Gasteiger partial charge in [-0.2, -0.15) is 0 Å². The van der Waals surface area contributed by atoms with Crippen molar-refractivity contribution in [3.05, 3.63) is 59.7 Å². The predicted octanol–water partition coefficient (Wildman–Crippen LogP) is 3.27. The van der Waals surface area contributed by atoms with Crippen LogP contribution in [0.5, 0.6) is 5.75 Å². The van der Waals surface area contributed by atoms with E-state index in [1.165, 1.54) is 16.8 Å². The SMILES string of the molecule is COc1ccc(CN2C[C@]3(CO[C@@H](C(=O)NC(C)C)C3)c3ccccc32)cc1. The Bertz CT molecular complexity index is 849. The van der Waals surface area contributed by atoms with Gasteiger partial charge in [0.15, 0.2) is 0 Å². The monoisotopic (exact) mass is 380 g/mol. The van der Waals surface area contributed by atoms with Crippen LogP contribution in [0.1, 0.15) is 31.4 Å². The van der Waals surface area contributed by atoms with Crippen molar-refractivity contribution >= 4 is 11.6 Å². The smallest absolute Gasteiger partial charge is 0.249 e. The third-order valence-corrected chi connectivity index (χ3v) is 5.70. The molecule has 1 N–H and O–H groups in total. The molecule has 0 unspecified atom stereocenters. The Morgan fingerprint density at radius 3 is 2.71 bits per heavy atom. The minimum absolute atomic E-state index is 0.00189. The van der Waals surface area contributed by atoms with Gasteiger partial charge in [-0.15, -0.1) is 0 Å². The number of ether oxygens (including phenoxy) is 2. The summed E-state index contributed by atoms with van der Waals surface area (Å²) >= 11 is 0. The zero-order chi connectivity index (χ0) is 19.7. The van der Waals surface area contributed by atoms with Crippen molar-refractivity contribution in [2.45, 2.75) is 44.4 Å². The number of nitrogens with one attached hydrogen (secondary N) is 1. The molecule has 0 aliphatic carbocycles. The molecule has 2 aromatic rings. The molecule has 2 heterocycles. The summed E-state index contributed by atoms with van der Waals surface area (Å²) < 4.78 is 11.2. The second-order valence-electron chi connectivity index (χ2n) is 8.17. The molecule has 0 radical (unpaired) electrons. The van der Waals surface area contributed by atoms with Gasteiger partial charge in [-0.3, -0.25) is 4.79 Å². The van der Waals surface area contributed by atoms with Crippen LogP contribution < -0.4 is 15.0 Å². The molecule has 5 nitrogen and oxygen atoms in total. The van der Waals surface area contributed by atoms with Gasteiger partial charge in [-0.05, 0) is 49.6 Å². The fourth-order valence-corrected chi connectivity index (χ4v) is 4.40. The number of hydrogen-bond donors (Lipinski definition) is 1. The summed E-state index contributed by atoms with van der Waals surface area (Å²) in [6.07, 6.45) is 0.346. The van der Waals surface area contributed by atoms with Crippen LogP contribution >= 0.6 is 0 Å². The zero-order valence-electron chi connectivity index (χ0n) is 16.8. The van der Waals surface area contributed by atoms with Crippen molar-refractivity contribution in [2.24, 2.45) is 0 Å². The first-order valence-corrected chi connectivity index (χ1v) is 9.90. The molecule has 1 spiro atoms. The molecule has 1 saturated heterocycles. The van der Waals surface area contributed by atoms with Crippen molar-refractivity contribution in [1.29, 1.82) is 0 Å². The molecule has 2 aliphatic heterocycles. The van der Waals surface area contributed by atoms with Gasteiger partial charge in [-0.25, -0.2) is 0 Å². The van der Waals surface area contributed by atoms with Crippen LogP contribution in [0.3, 0.4) is 0 Å². The summed E-state index contributed by atoms with van der Waals surface area (Å²) in [5, 5.41) is 2.99. The average Bonchev–Trinajstić information content (AvgIpc) is 3.25. The Labute approximate surface area is 166 Å². The van der Waals surface area contributed by atoms with E-state index in [1.54, 1.807) is 7.11 Å². The summed E-state index contributed by atoms with van der Waals surface area (Å²) in [5.41, 5.74) is 3.65. The van der Waals surface area contributed by atoms with Gasteiger partial charge in [0.2, 0.25) is 5.91 Å². The molecular weight excluding hydrogens is 352 g/mol. The lowest BCUT2D eigenvalue weighted by Gasteiger charge is -2.24. The van der Waals surface area contributed by atoms with E-state index < -0.39 is 0 Å². The molecule has 0 aromatic heterocycles. The number of benzene rings is 2. The molecular formula is C23H28N2O3. The highest BCUT2D eigenvalue weighted by atomic mass is 16.5. The number of para-hydroxylation sites is 1. The Hall–Kier alpha value is -2.53. The van der Waals surface area contributed by atoms with Crippen molar-refractivity contribution in [3.63, 3.8) is 0 Å². The maximum absolute atomic E-state index is 12.5. The summed E-state index contributed by atoms with van der Waals surface area (Å²) in [4.78, 5) is 14.9. The highest BCUT2D eigenvalue weighted by Gasteiger charge is 2.50. The van der Waals surface area contributed by atoms with Gasteiger partial charge in [0, 0.05) is 30.2 Å². The van der Waals surface area contributed by atoms with Crippen LogP contribution in [0.25, 0.3) is 0 Å². The van der Waals surface area contributed by atoms with Crippen molar-refractivity contribution in [1.82, 2.24) is 5.32 Å². The van der Waals surface area contributed by atoms with E-state index in [0.29, 0.717) is 6.61 Å². The van der Waals surface area contributed by atoms with Crippen LogP contribution in [0, 0.1) is 0 Å². The molecule has 0 saturated carbocycles. The van der Waals surface area contributed by atoms with Crippen molar-refractivity contribution in [2.75, 3.05) is 25.2 Å². The first-order chi connectivity index (χ1) is 13.5. The first kappa shape index (κ1) is 18.8. The molecule has 2 aromatic carbocycles. The molecule has 0 bridgehead atoms. The molecule has 28 heavy (non-hydrogen) atoms. The predicted molar refractivity (Wildman–Crippen MR) is 110 cm³/mol. The Morgan fingerprint density at radius 2 is 2.00 bits per heavy atom. The molecule has 2 aliphatic rings. The molecule has 2 atom stereocenters. The number of nitrogens with zero attached hydrogens (tertiary/aromatic N) is 1. The molecule has 4 rings (SSSR count). The minimum atomic E-state index is -0.378. The summed E-state index contributed by atoms with van der Waals surface area (Å²) in [6, 6.07) is 16.9. The zero-order valence-corrected chi connectivity index (χ0v) is 16.8. The second kappa shape index (κ2) is 7.47. The van der Waals surface area contributed by atoms with Gasteiger partial charge in [0.1, 0.15) is 11.9 Å². The van der Waals surface area contributed by atoms with Gasteiger partial charge in [-0.1, -0.05) is 30.3 Å². The largest absolute Gasteiger partial charge is 0.497 e. The summed E-state index contributed by atoms with van der Waals surface area (Å²) in [6.45, 7) is 6.23. The fourth-order valence-electron chi connectivity index (χ4n) is 4.40. The number of anilines is 1. The topological polar surface area (TPSA) is 50.8 Å². The highest BCUT2D eigenvalue weighted by Crippen LogP contribution is 2.47. The normalized spacial score (nSPS) is 23.3. The molecule has 1 amide bonds. The maximum Gasteiger partial charge on any atom is 0.249 e. The van der Waals surface area contributed by atoms with E-state index in [-0.39, 0.29) is 23.5 Å². The maximum atomic E-state index is 12.5. The number of fused-ring (bicyclic) bond motifs is 2. The van der Waals surface area contributed by atoms with Gasteiger partial charge in [0.25, 0.3) is 0 Å². The quantitative estimate of drug-likeness (QED) is 0.865. The highest BCUT2D eigenvalue weighted by molar-refractivity contribution is 5.82. The lowest BCUT2D eigenvalue weighted by atomic mass is 9.80. The van der Waals surface area contributed by atoms with E-state index in [0.717, 1.165) is 25.3 Å². The van der Waals surface area contributed by atoms with Crippen LogP contribution in [0.15, 0.2) is 48.5 Å². The third-order valence-electron chi connectivity index (χ3n) is 5.70. The molecule has 1 fully saturated rings. The average molecular weight is 380 g/mol.